The minimum Gasteiger partial charge on any atom is -0.493 e. The third kappa shape index (κ3) is 4.31. The highest BCUT2D eigenvalue weighted by Crippen LogP contribution is 2.46. The first-order chi connectivity index (χ1) is 11.9. The number of piperazine rings is 1. The van der Waals surface area contributed by atoms with Crippen molar-refractivity contribution in [1.29, 1.82) is 0 Å². The Balaban J connectivity index is 0.00000121. The van der Waals surface area contributed by atoms with E-state index >= 15 is 0 Å². The van der Waals surface area contributed by atoms with Crippen LogP contribution in [-0.4, -0.2) is 58.2 Å². The van der Waals surface area contributed by atoms with Crippen LogP contribution in [0, 0.1) is 5.92 Å². The van der Waals surface area contributed by atoms with Gasteiger partial charge in [-0.1, -0.05) is 0 Å². The van der Waals surface area contributed by atoms with Crippen molar-refractivity contribution in [2.75, 3.05) is 53.3 Å². The molecule has 2 saturated heterocycles. The maximum Gasteiger partial charge on any atom is 0.231 e. The van der Waals surface area contributed by atoms with Gasteiger partial charge in [-0.3, -0.25) is 4.90 Å². The number of ether oxygens (including phenoxy) is 4. The van der Waals surface area contributed by atoms with Crippen molar-refractivity contribution in [2.24, 2.45) is 5.92 Å². The maximum absolute atomic E-state index is 5.65. The van der Waals surface area contributed by atoms with E-state index in [4.69, 9.17) is 18.9 Å². The Morgan fingerprint density at radius 2 is 1.85 bits per heavy atom. The summed E-state index contributed by atoms with van der Waals surface area (Å²) in [6.07, 6.45) is 2.21. The number of nitrogens with zero attached hydrogens (tertiary/aromatic N) is 1. The first kappa shape index (κ1) is 21.4. The van der Waals surface area contributed by atoms with Gasteiger partial charge in [-0.25, -0.2) is 0 Å². The molecule has 0 saturated carbocycles. The monoisotopic (exact) mass is 406 g/mol. The van der Waals surface area contributed by atoms with Crippen LogP contribution < -0.4 is 19.5 Å². The number of halogens is 2. The summed E-state index contributed by atoms with van der Waals surface area (Å²) in [6, 6.07) is 4.65. The van der Waals surface area contributed by atoms with E-state index in [2.05, 4.69) is 22.3 Å². The molecule has 0 bridgehead atoms. The third-order valence-corrected chi connectivity index (χ3v) is 5.28. The predicted octanol–water partition coefficient (Wildman–Crippen LogP) is 2.64. The lowest BCUT2D eigenvalue weighted by Crippen LogP contribution is -2.47. The van der Waals surface area contributed by atoms with Gasteiger partial charge in [0, 0.05) is 45.4 Å². The van der Waals surface area contributed by atoms with E-state index in [0.717, 1.165) is 69.5 Å². The van der Waals surface area contributed by atoms with E-state index in [1.165, 1.54) is 5.56 Å². The lowest BCUT2D eigenvalue weighted by atomic mass is 9.85. The Bertz CT molecular complexity index is 561. The SMILES string of the molecule is COc1cc([C@H](C2CCOCC2)N2CCNCC2)cc2c1OCO2.Cl.Cl. The van der Waals surface area contributed by atoms with Gasteiger partial charge in [-0.05, 0) is 36.5 Å². The molecule has 1 N–H and O–H groups in total. The summed E-state index contributed by atoms with van der Waals surface area (Å²) in [4.78, 5) is 2.60. The van der Waals surface area contributed by atoms with Gasteiger partial charge in [0.05, 0.1) is 7.11 Å². The van der Waals surface area contributed by atoms with Crippen LogP contribution in [0.25, 0.3) is 0 Å². The molecular formula is C18H28Cl2N2O4. The Labute approximate surface area is 167 Å². The van der Waals surface area contributed by atoms with E-state index in [1.54, 1.807) is 7.11 Å². The van der Waals surface area contributed by atoms with Gasteiger partial charge in [-0.2, -0.15) is 0 Å². The standard InChI is InChI=1S/C18H26N2O4.2ClH/c1-21-15-10-14(11-16-18(15)24-12-23-16)17(13-2-8-22-9-3-13)20-6-4-19-5-7-20;;/h10-11,13,17,19H,2-9,12H2,1H3;2*1H/t17-;;/m0../s1. The molecule has 3 aliphatic rings. The van der Waals surface area contributed by atoms with Crippen LogP contribution in [0.1, 0.15) is 24.4 Å². The van der Waals surface area contributed by atoms with Gasteiger partial charge in [-0.15, -0.1) is 24.8 Å². The van der Waals surface area contributed by atoms with Crippen LogP contribution in [0.5, 0.6) is 17.2 Å². The van der Waals surface area contributed by atoms with Crippen LogP contribution in [-0.2, 0) is 4.74 Å². The predicted molar refractivity (Wildman–Crippen MR) is 104 cm³/mol. The minimum absolute atomic E-state index is 0. The Kier molecular flexibility index (Phi) is 8.10. The topological polar surface area (TPSA) is 52.2 Å². The molecule has 148 valence electrons. The van der Waals surface area contributed by atoms with Crippen molar-refractivity contribution >= 4 is 24.8 Å². The molecule has 2 fully saturated rings. The zero-order valence-electron chi connectivity index (χ0n) is 15.1. The van der Waals surface area contributed by atoms with Gasteiger partial charge in [0.2, 0.25) is 12.5 Å². The molecular weight excluding hydrogens is 379 g/mol. The largest absolute Gasteiger partial charge is 0.493 e. The quantitative estimate of drug-likeness (QED) is 0.829. The van der Waals surface area contributed by atoms with Gasteiger partial charge in [0.25, 0.3) is 0 Å². The number of hydrogen-bond acceptors (Lipinski definition) is 6. The van der Waals surface area contributed by atoms with Crippen LogP contribution in [0.4, 0.5) is 0 Å². The summed E-state index contributed by atoms with van der Waals surface area (Å²) in [5, 5.41) is 3.45. The van der Waals surface area contributed by atoms with Gasteiger partial charge < -0.3 is 24.3 Å². The zero-order valence-corrected chi connectivity index (χ0v) is 16.7. The molecule has 0 spiro atoms. The van der Waals surface area contributed by atoms with Gasteiger partial charge >= 0.3 is 0 Å². The van der Waals surface area contributed by atoms with E-state index in [9.17, 15) is 0 Å². The van der Waals surface area contributed by atoms with Crippen LogP contribution in [0.15, 0.2) is 12.1 Å². The first-order valence-electron chi connectivity index (χ1n) is 8.87. The number of benzene rings is 1. The van der Waals surface area contributed by atoms with Crippen molar-refractivity contribution in [3.63, 3.8) is 0 Å². The summed E-state index contributed by atoms with van der Waals surface area (Å²) in [5.74, 6) is 2.90. The van der Waals surface area contributed by atoms with Crippen LogP contribution >= 0.6 is 24.8 Å². The first-order valence-corrected chi connectivity index (χ1v) is 8.87. The Hall–Kier alpha value is -0.920. The second kappa shape index (κ2) is 9.85. The molecule has 0 radical (unpaired) electrons. The average molecular weight is 407 g/mol. The smallest absolute Gasteiger partial charge is 0.231 e. The van der Waals surface area contributed by atoms with Crippen molar-refractivity contribution < 1.29 is 18.9 Å². The summed E-state index contributed by atoms with van der Waals surface area (Å²) < 4.78 is 22.4. The summed E-state index contributed by atoms with van der Waals surface area (Å²) >= 11 is 0. The van der Waals surface area contributed by atoms with E-state index in [-0.39, 0.29) is 31.6 Å². The molecule has 3 heterocycles. The Morgan fingerprint density at radius 1 is 1.12 bits per heavy atom. The number of fused-ring (bicyclic) bond motifs is 1. The lowest BCUT2D eigenvalue weighted by Gasteiger charge is -2.41. The molecule has 3 aliphatic heterocycles. The second-order valence-electron chi connectivity index (χ2n) is 6.64. The molecule has 0 unspecified atom stereocenters. The van der Waals surface area contributed by atoms with Crippen molar-refractivity contribution in [1.82, 2.24) is 10.2 Å². The van der Waals surface area contributed by atoms with Crippen LogP contribution in [0.3, 0.4) is 0 Å². The maximum atomic E-state index is 5.65. The molecule has 6 nitrogen and oxygen atoms in total. The molecule has 8 heteroatoms. The summed E-state index contributed by atoms with van der Waals surface area (Å²) in [6.45, 7) is 6.20. The molecule has 0 amide bonds. The Morgan fingerprint density at radius 3 is 2.54 bits per heavy atom. The summed E-state index contributed by atoms with van der Waals surface area (Å²) in [5.41, 5.74) is 1.27. The van der Waals surface area contributed by atoms with E-state index in [1.807, 2.05) is 0 Å². The summed E-state index contributed by atoms with van der Waals surface area (Å²) in [7, 11) is 1.69. The molecule has 0 aromatic heterocycles. The lowest BCUT2D eigenvalue weighted by molar-refractivity contribution is 0.0212. The fourth-order valence-corrected chi connectivity index (χ4v) is 4.09. The molecule has 1 aromatic rings. The second-order valence-corrected chi connectivity index (χ2v) is 6.64. The fraction of sp³-hybridized carbons (Fsp3) is 0.667. The fourth-order valence-electron chi connectivity index (χ4n) is 4.09. The highest BCUT2D eigenvalue weighted by molar-refractivity contribution is 5.85. The van der Waals surface area contributed by atoms with Crippen LogP contribution in [0.2, 0.25) is 0 Å². The molecule has 4 rings (SSSR count). The molecule has 0 aliphatic carbocycles. The van der Waals surface area contributed by atoms with Crippen molar-refractivity contribution in [2.45, 2.75) is 18.9 Å². The number of methoxy groups -OCH3 is 1. The van der Waals surface area contributed by atoms with Crippen molar-refractivity contribution in [3.05, 3.63) is 17.7 Å². The van der Waals surface area contributed by atoms with E-state index < -0.39 is 0 Å². The highest BCUT2D eigenvalue weighted by atomic mass is 35.5. The minimum atomic E-state index is 0. The van der Waals surface area contributed by atoms with Gasteiger partial charge in [0.1, 0.15) is 0 Å². The average Bonchev–Trinajstić information content (AvgIpc) is 3.12. The normalized spacial score (nSPS) is 21.4. The van der Waals surface area contributed by atoms with Crippen molar-refractivity contribution in [3.8, 4) is 17.2 Å². The molecule has 1 aromatic carbocycles. The number of hydrogen-bond donors (Lipinski definition) is 1. The van der Waals surface area contributed by atoms with E-state index in [0.29, 0.717) is 12.0 Å². The molecule has 1 atom stereocenters. The van der Waals surface area contributed by atoms with Gasteiger partial charge in [0.15, 0.2) is 11.5 Å². The molecule has 26 heavy (non-hydrogen) atoms. The third-order valence-electron chi connectivity index (χ3n) is 5.28. The zero-order chi connectivity index (χ0) is 16.4. The number of nitrogens with one attached hydrogen (secondary N) is 1. The number of rotatable bonds is 4. The highest BCUT2D eigenvalue weighted by Gasteiger charge is 2.33.